The molecule has 3 aromatic rings. The molecule has 4 rings (SSSR count). The second kappa shape index (κ2) is 8.09. The Morgan fingerprint density at radius 1 is 1.13 bits per heavy atom. The number of benzene rings is 2. The van der Waals surface area contributed by atoms with Crippen LogP contribution in [0.5, 0.6) is 0 Å². The maximum atomic E-state index is 13.8. The fourth-order valence-electron chi connectivity index (χ4n) is 3.52. The zero-order valence-electron chi connectivity index (χ0n) is 16.2. The number of nitrogens with zero attached hydrogens (tertiary/aromatic N) is 2. The molecule has 5 nitrogen and oxygen atoms in total. The first kappa shape index (κ1) is 21.5. The Balaban J connectivity index is 1.64. The Morgan fingerprint density at radius 3 is 2.39 bits per heavy atom. The summed E-state index contributed by atoms with van der Waals surface area (Å²) in [6, 6.07) is 10.6. The zero-order chi connectivity index (χ0) is 22.3. The molecule has 0 radical (unpaired) electrons. The minimum atomic E-state index is -4.53. The number of hydrogen-bond acceptors (Lipinski definition) is 3. The number of fused-ring (bicyclic) bond motifs is 1. The van der Waals surface area contributed by atoms with Crippen LogP contribution in [0.1, 0.15) is 40.1 Å². The van der Waals surface area contributed by atoms with E-state index in [1.165, 1.54) is 24.3 Å². The van der Waals surface area contributed by atoms with Gasteiger partial charge in [0.05, 0.1) is 6.04 Å². The normalized spacial score (nSPS) is 18.3. The van der Waals surface area contributed by atoms with Gasteiger partial charge in [-0.1, -0.05) is 53.0 Å². The molecule has 2 unspecified atom stereocenters. The maximum absolute atomic E-state index is 13.8. The highest BCUT2D eigenvalue weighted by atomic mass is 35.5. The van der Waals surface area contributed by atoms with Crippen LogP contribution in [0.15, 0.2) is 48.5 Å². The lowest BCUT2D eigenvalue weighted by Gasteiger charge is -2.33. The van der Waals surface area contributed by atoms with E-state index >= 15 is 0 Å². The van der Waals surface area contributed by atoms with Gasteiger partial charge in [-0.25, -0.2) is 4.68 Å². The van der Waals surface area contributed by atoms with Gasteiger partial charge in [0.15, 0.2) is 11.7 Å². The van der Waals surface area contributed by atoms with Gasteiger partial charge in [-0.05, 0) is 30.7 Å². The summed E-state index contributed by atoms with van der Waals surface area (Å²) in [5, 5.41) is 10.2. The van der Waals surface area contributed by atoms with Crippen LogP contribution < -0.4 is 10.6 Å². The molecule has 0 fully saturated rings. The number of hydrogen-bond donors (Lipinski definition) is 2. The lowest BCUT2D eigenvalue weighted by Crippen LogP contribution is -2.35. The molecular formula is C21H17Cl2F3N4O. The predicted octanol–water partition coefficient (Wildman–Crippen LogP) is 6.41. The van der Waals surface area contributed by atoms with Crippen molar-refractivity contribution in [2.45, 2.75) is 31.6 Å². The molecule has 1 aliphatic rings. The van der Waals surface area contributed by atoms with E-state index in [0.29, 0.717) is 15.7 Å². The number of amides is 1. The summed E-state index contributed by atoms with van der Waals surface area (Å²) in [6.45, 7) is 1.91. The quantitative estimate of drug-likeness (QED) is 0.466. The van der Waals surface area contributed by atoms with Gasteiger partial charge in [0, 0.05) is 28.2 Å². The number of aromatic nitrogens is 2. The highest BCUT2D eigenvalue weighted by Crippen LogP contribution is 2.43. The number of aryl methyl sites for hydroxylation is 1. The summed E-state index contributed by atoms with van der Waals surface area (Å²) >= 11 is 11.8. The van der Waals surface area contributed by atoms with Crippen LogP contribution >= 0.6 is 23.2 Å². The number of halogens is 5. The number of rotatable bonds is 3. The minimum Gasteiger partial charge on any atom is -0.363 e. The van der Waals surface area contributed by atoms with Crippen molar-refractivity contribution in [1.82, 2.24) is 9.78 Å². The summed E-state index contributed by atoms with van der Waals surface area (Å²) in [5.41, 5.74) is 1.90. The Morgan fingerprint density at radius 2 is 1.77 bits per heavy atom. The highest BCUT2D eigenvalue weighted by molar-refractivity contribution is 6.35. The molecule has 1 amide bonds. The van der Waals surface area contributed by atoms with E-state index < -0.39 is 24.2 Å². The van der Waals surface area contributed by atoms with Gasteiger partial charge in [-0.2, -0.15) is 18.3 Å². The standard InChI is InChI=1S/C21H17Cl2F3N4O/c1-11-2-4-12(5-3-11)16-9-18(21(24,25)26)30-19(28-16)10-17(29-30)20(31)27-15-7-13(22)6-14(23)8-15/h2-8,10,16,18,28H,9H2,1H3,(H,27,31). The van der Waals surface area contributed by atoms with Crippen LogP contribution in [0.25, 0.3) is 0 Å². The summed E-state index contributed by atoms with van der Waals surface area (Å²) < 4.78 is 42.2. The predicted molar refractivity (Wildman–Crippen MR) is 114 cm³/mol. The maximum Gasteiger partial charge on any atom is 0.410 e. The molecule has 2 atom stereocenters. The second-order valence-corrected chi connectivity index (χ2v) is 8.25. The average Bonchev–Trinajstić information content (AvgIpc) is 3.10. The van der Waals surface area contributed by atoms with Gasteiger partial charge in [0.25, 0.3) is 5.91 Å². The van der Waals surface area contributed by atoms with E-state index in [4.69, 9.17) is 23.2 Å². The fourth-order valence-corrected chi connectivity index (χ4v) is 4.05. The summed E-state index contributed by atoms with van der Waals surface area (Å²) in [5.74, 6) is -0.553. The third-order valence-electron chi connectivity index (χ3n) is 5.02. The van der Waals surface area contributed by atoms with Crippen molar-refractivity contribution in [2.24, 2.45) is 0 Å². The average molecular weight is 469 g/mol. The van der Waals surface area contributed by atoms with E-state index in [2.05, 4.69) is 15.7 Å². The number of carbonyl (C=O) groups is 1. The van der Waals surface area contributed by atoms with Crippen molar-refractivity contribution in [2.75, 3.05) is 10.6 Å². The molecule has 2 aromatic carbocycles. The van der Waals surface area contributed by atoms with E-state index in [-0.39, 0.29) is 17.9 Å². The smallest absolute Gasteiger partial charge is 0.363 e. The van der Waals surface area contributed by atoms with Crippen molar-refractivity contribution >= 4 is 40.6 Å². The summed E-state index contributed by atoms with van der Waals surface area (Å²) in [4.78, 5) is 12.6. The first-order valence-corrected chi connectivity index (χ1v) is 10.1. The molecule has 10 heteroatoms. The largest absolute Gasteiger partial charge is 0.410 e. The van der Waals surface area contributed by atoms with E-state index in [1.807, 2.05) is 19.1 Å². The van der Waals surface area contributed by atoms with Crippen LogP contribution in [-0.2, 0) is 0 Å². The molecular weight excluding hydrogens is 452 g/mol. The monoisotopic (exact) mass is 468 g/mol. The lowest BCUT2D eigenvalue weighted by atomic mass is 9.96. The molecule has 2 heterocycles. The summed E-state index contributed by atoms with van der Waals surface area (Å²) in [7, 11) is 0. The minimum absolute atomic E-state index is 0.119. The van der Waals surface area contributed by atoms with Crippen LogP contribution in [0.3, 0.4) is 0 Å². The van der Waals surface area contributed by atoms with E-state index in [9.17, 15) is 18.0 Å². The van der Waals surface area contributed by atoms with Crippen molar-refractivity contribution in [3.8, 4) is 0 Å². The molecule has 0 saturated carbocycles. The van der Waals surface area contributed by atoms with Crippen LogP contribution in [-0.4, -0.2) is 21.9 Å². The molecule has 2 N–H and O–H groups in total. The van der Waals surface area contributed by atoms with Crippen LogP contribution in [0.2, 0.25) is 10.0 Å². The fraction of sp³-hybridized carbons (Fsp3) is 0.238. The van der Waals surface area contributed by atoms with Gasteiger partial charge in [-0.15, -0.1) is 0 Å². The third-order valence-corrected chi connectivity index (χ3v) is 5.46. The van der Waals surface area contributed by atoms with Crippen LogP contribution in [0.4, 0.5) is 24.7 Å². The Kier molecular flexibility index (Phi) is 5.61. The van der Waals surface area contributed by atoms with Crippen molar-refractivity contribution in [3.63, 3.8) is 0 Å². The number of carbonyl (C=O) groups excluding carboxylic acids is 1. The highest BCUT2D eigenvalue weighted by Gasteiger charge is 2.46. The Bertz CT molecular complexity index is 1110. The van der Waals surface area contributed by atoms with Gasteiger partial charge >= 0.3 is 6.18 Å². The van der Waals surface area contributed by atoms with Gasteiger partial charge < -0.3 is 10.6 Å². The van der Waals surface area contributed by atoms with Crippen molar-refractivity contribution in [1.29, 1.82) is 0 Å². The molecule has 1 aliphatic heterocycles. The van der Waals surface area contributed by atoms with Gasteiger partial charge in [0.2, 0.25) is 0 Å². The molecule has 0 bridgehead atoms. The first-order chi connectivity index (χ1) is 14.6. The molecule has 0 aliphatic carbocycles. The number of nitrogens with one attached hydrogen (secondary N) is 2. The Labute approximate surface area is 186 Å². The first-order valence-electron chi connectivity index (χ1n) is 9.37. The zero-order valence-corrected chi connectivity index (χ0v) is 17.7. The number of alkyl halides is 3. The second-order valence-electron chi connectivity index (χ2n) is 7.37. The van der Waals surface area contributed by atoms with Gasteiger partial charge in [0.1, 0.15) is 5.82 Å². The Hall–Kier alpha value is -2.71. The van der Waals surface area contributed by atoms with Crippen molar-refractivity contribution in [3.05, 3.63) is 75.4 Å². The van der Waals surface area contributed by atoms with Crippen LogP contribution in [0, 0.1) is 6.92 Å². The van der Waals surface area contributed by atoms with Gasteiger partial charge in [-0.3, -0.25) is 4.79 Å². The molecule has 0 spiro atoms. The molecule has 162 valence electrons. The summed E-state index contributed by atoms with van der Waals surface area (Å²) in [6.07, 6.45) is -4.77. The molecule has 31 heavy (non-hydrogen) atoms. The van der Waals surface area contributed by atoms with Crippen molar-refractivity contribution < 1.29 is 18.0 Å². The lowest BCUT2D eigenvalue weighted by molar-refractivity contribution is -0.173. The molecule has 0 saturated heterocycles. The van der Waals surface area contributed by atoms with E-state index in [0.717, 1.165) is 15.8 Å². The number of anilines is 2. The SMILES string of the molecule is Cc1ccc(C2CC(C(F)(F)F)n3nc(C(=O)Nc4cc(Cl)cc(Cl)c4)cc3N2)cc1. The topological polar surface area (TPSA) is 59.0 Å². The molecule has 1 aromatic heterocycles. The third kappa shape index (κ3) is 4.65. The van der Waals surface area contributed by atoms with E-state index in [1.54, 1.807) is 12.1 Å².